The number of phenolic OH excluding ortho intramolecular Hbond substituents is 1. The molecule has 0 amide bonds. The lowest BCUT2D eigenvalue weighted by atomic mass is 10.2. The molecular formula is C7H6F3OP. The Hall–Kier alpha value is -0.760. The van der Waals surface area contributed by atoms with E-state index < -0.39 is 17.5 Å². The molecule has 12 heavy (non-hydrogen) atoms. The topological polar surface area (TPSA) is 20.2 Å². The summed E-state index contributed by atoms with van der Waals surface area (Å²) < 4.78 is 36.4. The maximum atomic E-state index is 12.1. The quantitative estimate of drug-likeness (QED) is 0.625. The molecule has 0 aromatic heterocycles. The number of phenols is 1. The van der Waals surface area contributed by atoms with Crippen molar-refractivity contribution in [3.8, 4) is 5.75 Å². The molecule has 0 spiro atoms. The Kier molecular flexibility index (Phi) is 2.29. The first kappa shape index (κ1) is 9.33. The van der Waals surface area contributed by atoms with Crippen molar-refractivity contribution < 1.29 is 18.3 Å². The lowest BCUT2D eigenvalue weighted by Crippen LogP contribution is -2.14. The van der Waals surface area contributed by atoms with Gasteiger partial charge in [-0.2, -0.15) is 13.2 Å². The van der Waals surface area contributed by atoms with Gasteiger partial charge in [0.15, 0.2) is 0 Å². The van der Waals surface area contributed by atoms with Crippen molar-refractivity contribution in [2.45, 2.75) is 6.18 Å². The van der Waals surface area contributed by atoms with Gasteiger partial charge < -0.3 is 5.11 Å². The van der Waals surface area contributed by atoms with Gasteiger partial charge in [0.2, 0.25) is 0 Å². The molecule has 1 unspecified atom stereocenters. The molecule has 0 aliphatic carbocycles. The van der Waals surface area contributed by atoms with Gasteiger partial charge in [0.05, 0.1) is 0 Å². The molecule has 0 saturated carbocycles. The number of hydrogen-bond acceptors (Lipinski definition) is 1. The molecule has 0 fully saturated rings. The van der Waals surface area contributed by atoms with Crippen molar-refractivity contribution in [1.82, 2.24) is 0 Å². The maximum Gasteiger partial charge on any atom is 0.420 e. The minimum absolute atomic E-state index is 0.0532. The summed E-state index contributed by atoms with van der Waals surface area (Å²) in [4.78, 5) is 0. The molecule has 0 saturated heterocycles. The van der Waals surface area contributed by atoms with E-state index in [1.165, 1.54) is 12.1 Å². The summed E-state index contributed by atoms with van der Waals surface area (Å²) in [5.41, 5.74) is -0.991. The Morgan fingerprint density at radius 2 is 1.83 bits per heavy atom. The van der Waals surface area contributed by atoms with Crippen LogP contribution < -0.4 is 5.30 Å². The van der Waals surface area contributed by atoms with Crippen LogP contribution in [0.2, 0.25) is 0 Å². The molecule has 0 heterocycles. The number of benzene rings is 1. The second kappa shape index (κ2) is 2.94. The molecule has 0 aliphatic heterocycles. The zero-order chi connectivity index (χ0) is 9.35. The molecule has 0 bridgehead atoms. The Balaban J connectivity index is 3.31. The Morgan fingerprint density at radius 1 is 1.25 bits per heavy atom. The number of rotatable bonds is 0. The predicted octanol–water partition coefficient (Wildman–Crippen LogP) is 1.91. The van der Waals surface area contributed by atoms with Crippen LogP contribution in [0.3, 0.4) is 0 Å². The van der Waals surface area contributed by atoms with E-state index in [1.807, 2.05) is 9.24 Å². The zero-order valence-corrected chi connectivity index (χ0v) is 7.05. The van der Waals surface area contributed by atoms with Gasteiger partial charge in [-0.25, -0.2) is 0 Å². The third kappa shape index (κ3) is 1.69. The molecule has 0 radical (unpaired) electrons. The van der Waals surface area contributed by atoms with E-state index in [-0.39, 0.29) is 5.30 Å². The lowest BCUT2D eigenvalue weighted by Gasteiger charge is -2.10. The molecule has 1 atom stereocenters. The van der Waals surface area contributed by atoms with Crippen molar-refractivity contribution in [3.05, 3.63) is 23.8 Å². The highest BCUT2D eigenvalue weighted by Gasteiger charge is 2.35. The van der Waals surface area contributed by atoms with Crippen LogP contribution >= 0.6 is 9.24 Å². The molecule has 1 aromatic carbocycles. The fourth-order valence-corrected chi connectivity index (χ4v) is 1.29. The Labute approximate surface area is 69.4 Å². The summed E-state index contributed by atoms with van der Waals surface area (Å²) in [5.74, 6) is -0.741. The normalized spacial score (nSPS) is 11.7. The van der Waals surface area contributed by atoms with Gasteiger partial charge in [0.25, 0.3) is 0 Å². The summed E-state index contributed by atoms with van der Waals surface area (Å²) in [6.07, 6.45) is -4.50. The van der Waals surface area contributed by atoms with E-state index in [1.54, 1.807) is 0 Å². The monoisotopic (exact) mass is 194 g/mol. The second-order valence-electron chi connectivity index (χ2n) is 2.24. The number of halogens is 3. The molecule has 1 rings (SSSR count). The summed E-state index contributed by atoms with van der Waals surface area (Å²) >= 11 is 0. The summed E-state index contributed by atoms with van der Waals surface area (Å²) in [6, 6.07) is 3.64. The fourth-order valence-electron chi connectivity index (χ4n) is 0.866. The fraction of sp³-hybridized carbons (Fsp3) is 0.143. The third-order valence-corrected chi connectivity index (χ3v) is 1.84. The van der Waals surface area contributed by atoms with Gasteiger partial charge in [-0.1, -0.05) is 12.1 Å². The van der Waals surface area contributed by atoms with Gasteiger partial charge in [0, 0.05) is 0 Å². The largest absolute Gasteiger partial charge is 0.507 e. The minimum Gasteiger partial charge on any atom is -0.507 e. The van der Waals surface area contributed by atoms with E-state index in [4.69, 9.17) is 5.11 Å². The van der Waals surface area contributed by atoms with Crippen LogP contribution in [0.15, 0.2) is 18.2 Å². The highest BCUT2D eigenvalue weighted by Crippen LogP contribution is 2.34. The van der Waals surface area contributed by atoms with Gasteiger partial charge in [-0.05, 0) is 11.4 Å². The van der Waals surface area contributed by atoms with Crippen LogP contribution in [0.25, 0.3) is 0 Å². The van der Waals surface area contributed by atoms with Gasteiger partial charge in [-0.15, -0.1) is 9.24 Å². The summed E-state index contributed by atoms with van der Waals surface area (Å²) in [5, 5.41) is 8.84. The molecule has 1 nitrogen and oxygen atoms in total. The van der Waals surface area contributed by atoms with Crippen molar-refractivity contribution in [3.63, 3.8) is 0 Å². The molecule has 1 aromatic rings. The van der Waals surface area contributed by atoms with Crippen LogP contribution in [0.1, 0.15) is 5.56 Å². The maximum absolute atomic E-state index is 12.1. The van der Waals surface area contributed by atoms with Crippen LogP contribution in [-0.4, -0.2) is 5.11 Å². The predicted molar refractivity (Wildman–Crippen MR) is 42.5 cm³/mol. The van der Waals surface area contributed by atoms with E-state index in [9.17, 15) is 13.2 Å². The van der Waals surface area contributed by atoms with Crippen LogP contribution in [0, 0.1) is 0 Å². The van der Waals surface area contributed by atoms with Crippen molar-refractivity contribution >= 4 is 14.5 Å². The van der Waals surface area contributed by atoms with Crippen molar-refractivity contribution in [1.29, 1.82) is 0 Å². The molecule has 0 aliphatic rings. The van der Waals surface area contributed by atoms with Crippen molar-refractivity contribution in [2.75, 3.05) is 0 Å². The second-order valence-corrected chi connectivity index (χ2v) is 2.86. The van der Waals surface area contributed by atoms with Crippen molar-refractivity contribution in [2.24, 2.45) is 0 Å². The average Bonchev–Trinajstić information content (AvgIpc) is 1.82. The van der Waals surface area contributed by atoms with E-state index in [2.05, 4.69) is 0 Å². The average molecular weight is 194 g/mol. The Morgan fingerprint density at radius 3 is 2.17 bits per heavy atom. The minimum atomic E-state index is -4.50. The molecule has 1 N–H and O–H groups in total. The highest BCUT2D eigenvalue weighted by molar-refractivity contribution is 7.27. The molecule has 66 valence electrons. The smallest absolute Gasteiger partial charge is 0.420 e. The molecule has 5 heteroatoms. The third-order valence-electron chi connectivity index (χ3n) is 1.36. The lowest BCUT2D eigenvalue weighted by molar-refractivity contribution is -0.137. The Bertz CT molecular complexity index is 275. The van der Waals surface area contributed by atoms with Crippen LogP contribution in [-0.2, 0) is 6.18 Å². The van der Waals surface area contributed by atoms with Gasteiger partial charge >= 0.3 is 6.18 Å². The van der Waals surface area contributed by atoms with E-state index in [0.29, 0.717) is 0 Å². The highest BCUT2D eigenvalue weighted by atomic mass is 31.0. The van der Waals surface area contributed by atoms with E-state index >= 15 is 0 Å². The number of alkyl halides is 3. The first-order valence-corrected chi connectivity index (χ1v) is 3.65. The van der Waals surface area contributed by atoms with Crippen LogP contribution in [0.5, 0.6) is 5.75 Å². The summed E-state index contributed by atoms with van der Waals surface area (Å²) in [7, 11) is 1.93. The van der Waals surface area contributed by atoms with E-state index in [0.717, 1.165) is 6.07 Å². The van der Waals surface area contributed by atoms with Gasteiger partial charge in [0.1, 0.15) is 11.3 Å². The first-order chi connectivity index (χ1) is 5.43. The van der Waals surface area contributed by atoms with Crippen LogP contribution in [0.4, 0.5) is 13.2 Å². The number of hydrogen-bond donors (Lipinski definition) is 1. The SMILES string of the molecule is Oc1cccc(P)c1C(F)(F)F. The molecular weight excluding hydrogens is 188 g/mol. The standard InChI is InChI=1S/C7H6F3OP/c8-7(9,10)6-4(11)2-1-3-5(6)12/h1-3,11H,12H2. The zero-order valence-electron chi connectivity index (χ0n) is 5.89. The first-order valence-electron chi connectivity index (χ1n) is 3.07. The van der Waals surface area contributed by atoms with Gasteiger partial charge in [-0.3, -0.25) is 0 Å². The summed E-state index contributed by atoms with van der Waals surface area (Å²) in [6.45, 7) is 0. The number of aromatic hydroxyl groups is 1.